The fraction of sp³-hybridized carbons (Fsp3) is 0.0952. The topological polar surface area (TPSA) is 155 Å². The SMILES string of the molecule is C#CCN=C(N)c1c(C(=O)O)cc(C(=O)NCC#C)c2c3ccc(c(=O)[nH]c3=O)c12. The normalized spacial score (nSPS) is 11.2. The number of nitrogens with two attached hydrogens (primary N) is 1. The van der Waals surface area contributed by atoms with Crippen LogP contribution in [0.2, 0.25) is 0 Å². The fourth-order valence-electron chi connectivity index (χ4n) is 3.23. The zero-order valence-electron chi connectivity index (χ0n) is 15.4. The van der Waals surface area contributed by atoms with Gasteiger partial charge < -0.3 is 16.2 Å². The van der Waals surface area contributed by atoms with Crippen LogP contribution in [-0.2, 0) is 0 Å². The van der Waals surface area contributed by atoms with Crippen LogP contribution in [0.3, 0.4) is 0 Å². The van der Waals surface area contributed by atoms with Gasteiger partial charge in [-0.05, 0) is 18.2 Å². The number of aromatic amines is 1. The number of amidine groups is 1. The van der Waals surface area contributed by atoms with Crippen molar-refractivity contribution in [1.29, 1.82) is 0 Å². The summed E-state index contributed by atoms with van der Waals surface area (Å²) in [6.45, 7) is -0.270. The number of aromatic nitrogens is 1. The molecule has 0 aliphatic carbocycles. The molecule has 0 unspecified atom stereocenters. The Hall–Kier alpha value is -4.63. The number of aliphatic imine (C=N–C) groups is 1. The summed E-state index contributed by atoms with van der Waals surface area (Å²) in [5, 5.41) is 12.2. The standard InChI is InChI=1S/C21H14N4O5/c1-3-7-23-17(22)16-13(21(29)30)9-12(18(26)24-8-4-2)14-10-5-6-11(15(14)16)20(28)25-19(10)27/h1-2,5-6,9H,7-8H2,(H2,22,23)(H,24,26)(H,29,30)(H,25,27,28). The van der Waals surface area contributed by atoms with Crippen molar-refractivity contribution < 1.29 is 14.7 Å². The molecule has 4 rings (SSSR count). The summed E-state index contributed by atoms with van der Waals surface area (Å²) in [5.41, 5.74) is 3.86. The minimum atomic E-state index is -1.42. The van der Waals surface area contributed by atoms with Crippen molar-refractivity contribution in [3.8, 4) is 24.7 Å². The van der Waals surface area contributed by atoms with Crippen LogP contribution in [0.15, 0.2) is 32.8 Å². The summed E-state index contributed by atoms with van der Waals surface area (Å²) in [6.07, 6.45) is 10.4. The highest BCUT2D eigenvalue weighted by Gasteiger charge is 2.26. The molecule has 0 spiro atoms. The summed E-state index contributed by atoms with van der Waals surface area (Å²) >= 11 is 0. The molecule has 5 N–H and O–H groups in total. The number of rotatable bonds is 5. The molecule has 0 saturated carbocycles. The summed E-state index contributed by atoms with van der Waals surface area (Å²) in [4.78, 5) is 55.9. The maximum absolute atomic E-state index is 12.7. The van der Waals surface area contributed by atoms with Crippen molar-refractivity contribution in [2.24, 2.45) is 10.7 Å². The van der Waals surface area contributed by atoms with Gasteiger partial charge in [0.25, 0.3) is 17.0 Å². The van der Waals surface area contributed by atoms with E-state index in [1.54, 1.807) is 0 Å². The predicted octanol–water partition coefficient (Wildman–Crippen LogP) is -0.121. The molecule has 2 aromatic carbocycles. The van der Waals surface area contributed by atoms with Gasteiger partial charge in [0.1, 0.15) is 12.4 Å². The fourth-order valence-corrected chi connectivity index (χ4v) is 3.23. The number of benzene rings is 2. The molecule has 0 fully saturated rings. The Balaban J connectivity index is 2.65. The molecule has 2 heterocycles. The summed E-state index contributed by atoms with van der Waals surface area (Å²) in [5.74, 6) is 2.11. The molecule has 0 aliphatic rings. The second-order valence-electron chi connectivity index (χ2n) is 6.14. The Morgan fingerprint density at radius 2 is 1.73 bits per heavy atom. The molecule has 2 bridgehead atoms. The first-order valence-electron chi connectivity index (χ1n) is 8.49. The number of nitrogens with zero attached hydrogens (tertiary/aromatic N) is 1. The summed E-state index contributed by atoms with van der Waals surface area (Å²) in [7, 11) is 0. The number of carbonyl (C=O) groups excluding carboxylic acids is 1. The maximum Gasteiger partial charge on any atom is 0.336 e. The molecule has 2 aromatic heterocycles. The van der Waals surface area contributed by atoms with E-state index in [4.69, 9.17) is 18.6 Å². The Morgan fingerprint density at radius 1 is 1.10 bits per heavy atom. The average Bonchev–Trinajstić information content (AvgIpc) is 2.92. The first-order chi connectivity index (χ1) is 14.3. The van der Waals surface area contributed by atoms with Gasteiger partial charge in [-0.3, -0.25) is 24.4 Å². The summed E-state index contributed by atoms with van der Waals surface area (Å²) in [6, 6.07) is 3.79. The number of fused-ring (bicyclic) bond motifs is 3. The molecular formula is C21H14N4O5. The molecule has 9 heteroatoms. The number of H-pyrrole nitrogens is 1. The second-order valence-corrected chi connectivity index (χ2v) is 6.14. The number of terminal acetylenes is 2. The van der Waals surface area contributed by atoms with Gasteiger partial charge in [0.05, 0.1) is 12.1 Å². The third kappa shape index (κ3) is 3.21. The van der Waals surface area contributed by atoms with E-state index in [-0.39, 0.29) is 57.2 Å². The van der Waals surface area contributed by atoms with Gasteiger partial charge in [-0.15, -0.1) is 12.8 Å². The number of aromatic carboxylic acids is 1. The van der Waals surface area contributed by atoms with Gasteiger partial charge in [0.15, 0.2) is 0 Å². The van der Waals surface area contributed by atoms with Gasteiger partial charge in [-0.25, -0.2) is 4.79 Å². The van der Waals surface area contributed by atoms with E-state index < -0.39 is 23.0 Å². The number of nitrogens with one attached hydrogen (secondary N) is 2. The molecule has 9 nitrogen and oxygen atoms in total. The molecule has 1 amide bonds. The average molecular weight is 402 g/mol. The van der Waals surface area contributed by atoms with Crippen molar-refractivity contribution in [2.45, 2.75) is 0 Å². The largest absolute Gasteiger partial charge is 0.478 e. The van der Waals surface area contributed by atoms with Crippen LogP contribution in [0.25, 0.3) is 21.5 Å². The maximum atomic E-state index is 12.7. The van der Waals surface area contributed by atoms with Crippen molar-refractivity contribution in [3.05, 3.63) is 55.6 Å². The van der Waals surface area contributed by atoms with Crippen LogP contribution in [0.4, 0.5) is 0 Å². The van der Waals surface area contributed by atoms with Gasteiger partial charge in [0.2, 0.25) is 0 Å². The number of hydrogen-bond donors (Lipinski definition) is 4. The first kappa shape index (κ1) is 20.1. The van der Waals surface area contributed by atoms with E-state index in [2.05, 4.69) is 27.1 Å². The number of amides is 1. The highest BCUT2D eigenvalue weighted by atomic mass is 16.4. The van der Waals surface area contributed by atoms with E-state index in [1.165, 1.54) is 12.1 Å². The predicted molar refractivity (Wildman–Crippen MR) is 112 cm³/mol. The Morgan fingerprint density at radius 3 is 2.30 bits per heavy atom. The van der Waals surface area contributed by atoms with Gasteiger partial charge >= 0.3 is 5.97 Å². The van der Waals surface area contributed by atoms with Crippen molar-refractivity contribution in [2.75, 3.05) is 13.1 Å². The minimum Gasteiger partial charge on any atom is -0.478 e. The second kappa shape index (κ2) is 7.78. The van der Waals surface area contributed by atoms with Crippen LogP contribution in [0.5, 0.6) is 0 Å². The van der Waals surface area contributed by atoms with E-state index in [9.17, 15) is 24.3 Å². The third-order valence-corrected chi connectivity index (χ3v) is 4.42. The Kier molecular flexibility index (Phi) is 5.21. The molecule has 0 radical (unpaired) electrons. The Bertz CT molecular complexity index is 1440. The number of hydrogen-bond acceptors (Lipinski definition) is 5. The highest BCUT2D eigenvalue weighted by molar-refractivity contribution is 6.27. The van der Waals surface area contributed by atoms with Crippen molar-refractivity contribution in [3.63, 3.8) is 0 Å². The van der Waals surface area contributed by atoms with Gasteiger partial charge in [-0.1, -0.05) is 11.8 Å². The van der Waals surface area contributed by atoms with Crippen LogP contribution in [-0.4, -0.2) is 40.9 Å². The lowest BCUT2D eigenvalue weighted by Crippen LogP contribution is -2.26. The van der Waals surface area contributed by atoms with E-state index in [1.807, 2.05) is 0 Å². The lowest BCUT2D eigenvalue weighted by molar-refractivity contribution is 0.0697. The quantitative estimate of drug-likeness (QED) is 0.265. The van der Waals surface area contributed by atoms with E-state index in [0.29, 0.717) is 0 Å². The monoisotopic (exact) mass is 402 g/mol. The van der Waals surface area contributed by atoms with Crippen LogP contribution >= 0.6 is 0 Å². The smallest absolute Gasteiger partial charge is 0.336 e. The zero-order valence-corrected chi connectivity index (χ0v) is 15.4. The number of carboxylic acid groups (broad SMARTS) is 1. The zero-order chi connectivity index (χ0) is 22.0. The lowest BCUT2D eigenvalue weighted by atomic mass is 9.90. The molecule has 4 aromatic rings. The van der Waals surface area contributed by atoms with Crippen molar-refractivity contribution in [1.82, 2.24) is 10.3 Å². The molecule has 0 saturated heterocycles. The lowest BCUT2D eigenvalue weighted by Gasteiger charge is -2.15. The first-order valence-corrected chi connectivity index (χ1v) is 8.49. The van der Waals surface area contributed by atoms with Crippen LogP contribution in [0, 0.1) is 24.7 Å². The molecule has 148 valence electrons. The molecular weight excluding hydrogens is 388 g/mol. The van der Waals surface area contributed by atoms with Crippen molar-refractivity contribution >= 4 is 39.3 Å². The number of carboxylic acids is 1. The highest BCUT2D eigenvalue weighted by Crippen LogP contribution is 2.32. The number of carbonyl (C=O) groups is 2. The van der Waals surface area contributed by atoms with E-state index >= 15 is 0 Å². The molecule has 0 atom stereocenters. The van der Waals surface area contributed by atoms with Gasteiger partial charge in [-0.2, -0.15) is 0 Å². The van der Waals surface area contributed by atoms with Crippen LogP contribution < -0.4 is 22.2 Å². The van der Waals surface area contributed by atoms with E-state index in [0.717, 1.165) is 6.07 Å². The molecule has 0 aliphatic heterocycles. The van der Waals surface area contributed by atoms with Crippen LogP contribution in [0.1, 0.15) is 26.3 Å². The molecule has 30 heavy (non-hydrogen) atoms. The third-order valence-electron chi connectivity index (χ3n) is 4.42. The summed E-state index contributed by atoms with van der Waals surface area (Å²) < 4.78 is 0. The van der Waals surface area contributed by atoms with Gasteiger partial charge in [0, 0.05) is 32.7 Å². The Labute approximate surface area is 169 Å². The minimum absolute atomic E-state index is 0.00611.